The van der Waals surface area contributed by atoms with Crippen molar-refractivity contribution >= 4 is 6.21 Å². The van der Waals surface area contributed by atoms with Gasteiger partial charge in [-0.25, -0.2) is 0 Å². The van der Waals surface area contributed by atoms with Gasteiger partial charge >= 0.3 is 0 Å². The van der Waals surface area contributed by atoms with Crippen molar-refractivity contribution in [2.45, 2.75) is 20.3 Å². The number of aliphatic imine (C=N–C) groups is 1. The highest BCUT2D eigenvalue weighted by Gasteiger charge is 2.11. The van der Waals surface area contributed by atoms with Crippen LogP contribution in [0.1, 0.15) is 22.3 Å². The SMILES string of the molecule is Cc1cc(C)cc(-c2cccc3c2CCN=C3)c1. The fourth-order valence-electron chi connectivity index (χ4n) is 2.74. The third kappa shape index (κ3) is 1.97. The molecule has 0 spiro atoms. The highest BCUT2D eigenvalue weighted by atomic mass is 14.7. The molecule has 0 N–H and O–H groups in total. The summed E-state index contributed by atoms with van der Waals surface area (Å²) in [6, 6.07) is 13.3. The molecule has 1 aliphatic heterocycles. The number of aryl methyl sites for hydroxylation is 2. The Morgan fingerprint density at radius 1 is 1.00 bits per heavy atom. The lowest BCUT2D eigenvalue weighted by Gasteiger charge is -2.16. The van der Waals surface area contributed by atoms with Crippen LogP contribution in [0.3, 0.4) is 0 Å². The van der Waals surface area contributed by atoms with Gasteiger partial charge in [0.2, 0.25) is 0 Å². The molecule has 0 unspecified atom stereocenters. The molecule has 1 heteroatoms. The Labute approximate surface area is 108 Å². The molecule has 0 aromatic heterocycles. The van der Waals surface area contributed by atoms with Gasteiger partial charge in [-0.2, -0.15) is 0 Å². The summed E-state index contributed by atoms with van der Waals surface area (Å²) in [5.41, 5.74) is 8.07. The molecule has 0 bridgehead atoms. The first-order valence-electron chi connectivity index (χ1n) is 6.44. The van der Waals surface area contributed by atoms with Crippen molar-refractivity contribution in [1.29, 1.82) is 0 Å². The number of benzene rings is 2. The predicted octanol–water partition coefficient (Wildman–Crippen LogP) is 3.95. The van der Waals surface area contributed by atoms with Gasteiger partial charge in [-0.05, 0) is 42.5 Å². The van der Waals surface area contributed by atoms with E-state index in [2.05, 4.69) is 55.2 Å². The van der Waals surface area contributed by atoms with E-state index in [9.17, 15) is 0 Å². The molecule has 0 atom stereocenters. The molecule has 2 aromatic rings. The van der Waals surface area contributed by atoms with Gasteiger partial charge < -0.3 is 0 Å². The molecule has 0 amide bonds. The number of hydrogen-bond acceptors (Lipinski definition) is 1. The molecule has 3 rings (SSSR count). The molecule has 0 radical (unpaired) electrons. The zero-order valence-electron chi connectivity index (χ0n) is 10.9. The lowest BCUT2D eigenvalue weighted by molar-refractivity contribution is 0.954. The van der Waals surface area contributed by atoms with Crippen molar-refractivity contribution in [2.75, 3.05) is 6.54 Å². The van der Waals surface area contributed by atoms with Gasteiger partial charge in [-0.15, -0.1) is 0 Å². The van der Waals surface area contributed by atoms with Gasteiger partial charge in [0.25, 0.3) is 0 Å². The summed E-state index contributed by atoms with van der Waals surface area (Å²) in [6.45, 7) is 5.23. The molecule has 18 heavy (non-hydrogen) atoms. The van der Waals surface area contributed by atoms with Crippen molar-refractivity contribution in [3.05, 3.63) is 58.7 Å². The summed E-state index contributed by atoms with van der Waals surface area (Å²) in [5.74, 6) is 0. The number of hydrogen-bond donors (Lipinski definition) is 0. The van der Waals surface area contributed by atoms with Gasteiger partial charge in [-0.1, -0.05) is 47.5 Å². The minimum atomic E-state index is 0.912. The molecule has 0 saturated carbocycles. The van der Waals surface area contributed by atoms with E-state index in [1.54, 1.807) is 0 Å². The molecule has 0 fully saturated rings. The van der Waals surface area contributed by atoms with E-state index >= 15 is 0 Å². The Balaban J connectivity index is 2.20. The second-order valence-electron chi connectivity index (χ2n) is 5.04. The summed E-state index contributed by atoms with van der Waals surface area (Å²) >= 11 is 0. The average Bonchev–Trinajstić information content (AvgIpc) is 2.37. The average molecular weight is 235 g/mol. The Hall–Kier alpha value is -1.89. The van der Waals surface area contributed by atoms with E-state index in [0.29, 0.717) is 0 Å². The summed E-state index contributed by atoms with van der Waals surface area (Å²) < 4.78 is 0. The molecule has 0 aliphatic carbocycles. The topological polar surface area (TPSA) is 12.4 Å². The van der Waals surface area contributed by atoms with Crippen molar-refractivity contribution in [3.8, 4) is 11.1 Å². The van der Waals surface area contributed by atoms with Crippen molar-refractivity contribution < 1.29 is 0 Å². The maximum absolute atomic E-state index is 4.36. The Morgan fingerprint density at radius 3 is 2.56 bits per heavy atom. The van der Waals surface area contributed by atoms with Crippen molar-refractivity contribution in [1.82, 2.24) is 0 Å². The van der Waals surface area contributed by atoms with Crippen molar-refractivity contribution in [2.24, 2.45) is 4.99 Å². The van der Waals surface area contributed by atoms with Crippen molar-refractivity contribution in [3.63, 3.8) is 0 Å². The molecule has 1 nitrogen and oxygen atoms in total. The fourth-order valence-corrected chi connectivity index (χ4v) is 2.74. The third-order valence-corrected chi connectivity index (χ3v) is 3.47. The van der Waals surface area contributed by atoms with Crippen LogP contribution in [-0.2, 0) is 6.42 Å². The smallest absolute Gasteiger partial charge is 0.0430 e. The van der Waals surface area contributed by atoms with Gasteiger partial charge in [0.05, 0.1) is 0 Å². The monoisotopic (exact) mass is 235 g/mol. The minimum absolute atomic E-state index is 0.912. The van der Waals surface area contributed by atoms with Crippen LogP contribution in [0, 0.1) is 13.8 Å². The van der Waals surface area contributed by atoms with E-state index in [-0.39, 0.29) is 0 Å². The second kappa shape index (κ2) is 4.41. The molecular formula is C17H17N. The predicted molar refractivity (Wildman–Crippen MR) is 77.5 cm³/mol. The maximum atomic E-state index is 4.36. The largest absolute Gasteiger partial charge is 0.292 e. The lowest BCUT2D eigenvalue weighted by atomic mass is 9.91. The van der Waals surface area contributed by atoms with Crippen LogP contribution < -0.4 is 0 Å². The summed E-state index contributed by atoms with van der Waals surface area (Å²) in [6.07, 6.45) is 3.06. The fraction of sp³-hybridized carbons (Fsp3) is 0.235. The van der Waals surface area contributed by atoms with E-state index in [1.165, 1.54) is 33.4 Å². The number of nitrogens with zero attached hydrogens (tertiary/aromatic N) is 1. The summed E-state index contributed by atoms with van der Waals surface area (Å²) in [4.78, 5) is 4.36. The maximum Gasteiger partial charge on any atom is 0.0430 e. The zero-order chi connectivity index (χ0) is 12.5. The van der Waals surface area contributed by atoms with Gasteiger partial charge in [0.15, 0.2) is 0 Å². The highest BCUT2D eigenvalue weighted by molar-refractivity contribution is 5.87. The first kappa shape index (κ1) is 11.2. The minimum Gasteiger partial charge on any atom is -0.292 e. The normalized spacial score (nSPS) is 13.4. The van der Waals surface area contributed by atoms with E-state index in [0.717, 1.165) is 13.0 Å². The highest BCUT2D eigenvalue weighted by Crippen LogP contribution is 2.29. The van der Waals surface area contributed by atoms with E-state index in [1.807, 2.05) is 6.21 Å². The first-order chi connectivity index (χ1) is 8.74. The second-order valence-corrected chi connectivity index (χ2v) is 5.04. The zero-order valence-corrected chi connectivity index (χ0v) is 10.9. The van der Waals surface area contributed by atoms with Crippen LogP contribution in [0.5, 0.6) is 0 Å². The molecule has 90 valence electrons. The molecule has 2 aromatic carbocycles. The van der Waals surface area contributed by atoms with Crippen LogP contribution in [0.25, 0.3) is 11.1 Å². The third-order valence-electron chi connectivity index (χ3n) is 3.47. The first-order valence-corrected chi connectivity index (χ1v) is 6.44. The quantitative estimate of drug-likeness (QED) is 0.709. The summed E-state index contributed by atoms with van der Waals surface area (Å²) in [5, 5.41) is 0. The molecule has 1 heterocycles. The van der Waals surface area contributed by atoms with Gasteiger partial charge in [-0.3, -0.25) is 4.99 Å². The molecular weight excluding hydrogens is 218 g/mol. The van der Waals surface area contributed by atoms with Crippen LogP contribution in [0.4, 0.5) is 0 Å². The standard InChI is InChI=1S/C17H17N/c1-12-8-13(2)10-15(9-12)16-5-3-4-14-11-18-7-6-17(14)16/h3-5,8-11H,6-7H2,1-2H3. The summed E-state index contributed by atoms with van der Waals surface area (Å²) in [7, 11) is 0. The van der Waals surface area contributed by atoms with Gasteiger partial charge in [0, 0.05) is 12.8 Å². The number of fused-ring (bicyclic) bond motifs is 1. The van der Waals surface area contributed by atoms with Crippen LogP contribution in [0.15, 0.2) is 41.4 Å². The Kier molecular flexibility index (Phi) is 2.75. The van der Waals surface area contributed by atoms with E-state index in [4.69, 9.17) is 0 Å². The molecule has 1 aliphatic rings. The van der Waals surface area contributed by atoms with Crippen LogP contribution >= 0.6 is 0 Å². The number of rotatable bonds is 1. The van der Waals surface area contributed by atoms with Crippen LogP contribution in [-0.4, -0.2) is 12.8 Å². The van der Waals surface area contributed by atoms with Gasteiger partial charge in [0.1, 0.15) is 0 Å². The Bertz CT molecular complexity index is 603. The molecule has 0 saturated heterocycles. The van der Waals surface area contributed by atoms with E-state index < -0.39 is 0 Å². The lowest BCUT2D eigenvalue weighted by Crippen LogP contribution is -2.04. The Morgan fingerprint density at radius 2 is 1.78 bits per heavy atom. The van der Waals surface area contributed by atoms with Crippen LogP contribution in [0.2, 0.25) is 0 Å².